The molecule has 112 valence electrons. The molecule has 0 aliphatic rings. The molecule has 2 aromatic carbocycles. The van der Waals surface area contributed by atoms with E-state index in [1.165, 1.54) is 0 Å². The van der Waals surface area contributed by atoms with Crippen LogP contribution in [-0.4, -0.2) is 34.9 Å². The molecule has 0 radical (unpaired) electrons. The van der Waals surface area contributed by atoms with Gasteiger partial charge in [0.2, 0.25) is 0 Å². The lowest BCUT2D eigenvalue weighted by Crippen LogP contribution is -2.48. The molecule has 0 aromatic heterocycles. The summed E-state index contributed by atoms with van der Waals surface area (Å²) in [6.45, 7) is -2.66. The van der Waals surface area contributed by atoms with E-state index in [9.17, 15) is 0 Å². The predicted octanol–water partition coefficient (Wildman–Crippen LogP) is 2.85. The summed E-state index contributed by atoms with van der Waals surface area (Å²) in [4.78, 5) is 4.11. The number of nitrogens with zero attached hydrogens (tertiary/aromatic N) is 2. The van der Waals surface area contributed by atoms with Gasteiger partial charge in [0, 0.05) is 39.6 Å². The maximum absolute atomic E-state index is 6.73. The summed E-state index contributed by atoms with van der Waals surface area (Å²) in [6, 6.07) is 16.3. The Morgan fingerprint density at radius 2 is 0.905 bits per heavy atom. The normalized spacial score (nSPS) is 11.3. The summed E-state index contributed by atoms with van der Waals surface area (Å²) in [5.74, 6) is 0. The van der Waals surface area contributed by atoms with Gasteiger partial charge < -0.3 is 9.80 Å². The molecule has 0 aliphatic heterocycles. The van der Waals surface area contributed by atoms with Crippen molar-refractivity contribution in [3.05, 3.63) is 48.5 Å². The van der Waals surface area contributed by atoms with Crippen molar-refractivity contribution in [2.24, 2.45) is 0 Å². The first kappa shape index (κ1) is 16.2. The molecule has 0 unspecified atom stereocenters. The Labute approximate surface area is 137 Å². The van der Waals surface area contributed by atoms with Gasteiger partial charge in [-0.2, -0.15) is 0 Å². The van der Waals surface area contributed by atoms with Crippen molar-refractivity contribution in [2.45, 2.75) is 0 Å². The molecule has 2 aromatic rings. The minimum absolute atomic E-state index is 1.01. The zero-order valence-electron chi connectivity index (χ0n) is 12.8. The SMILES string of the molecule is CN(C)c1ccc([Si](Cl)(Cl)c2ccc(N(C)C)cc2)cc1. The molecule has 0 bridgehead atoms. The molecule has 0 saturated carbocycles. The van der Waals surface area contributed by atoms with Crippen LogP contribution in [0, 0.1) is 0 Å². The van der Waals surface area contributed by atoms with Crippen molar-refractivity contribution in [3.8, 4) is 0 Å². The minimum atomic E-state index is -2.66. The molecule has 2 nitrogen and oxygen atoms in total. The molecular formula is C16H20Cl2N2Si. The molecule has 0 spiro atoms. The van der Waals surface area contributed by atoms with Crippen LogP contribution in [0.2, 0.25) is 0 Å². The fourth-order valence-corrected chi connectivity index (χ4v) is 5.12. The molecule has 5 heteroatoms. The van der Waals surface area contributed by atoms with Gasteiger partial charge in [0.1, 0.15) is 0 Å². The van der Waals surface area contributed by atoms with Gasteiger partial charge in [0.25, 0.3) is 0 Å². The van der Waals surface area contributed by atoms with Gasteiger partial charge in [-0.25, -0.2) is 0 Å². The van der Waals surface area contributed by atoms with Gasteiger partial charge in [-0.15, -0.1) is 22.2 Å². The standard InChI is InChI=1S/C16H20Cl2N2Si/c1-19(2)13-5-9-15(10-6-13)21(17,18)16-11-7-14(8-12-16)20(3)4/h5-12H,1-4H3. The molecule has 21 heavy (non-hydrogen) atoms. The highest BCUT2D eigenvalue weighted by Gasteiger charge is 2.33. The topological polar surface area (TPSA) is 6.48 Å². The monoisotopic (exact) mass is 338 g/mol. The van der Waals surface area contributed by atoms with E-state index in [2.05, 4.69) is 34.1 Å². The van der Waals surface area contributed by atoms with E-state index in [0.717, 1.165) is 21.7 Å². The van der Waals surface area contributed by atoms with E-state index in [1.54, 1.807) is 0 Å². The predicted molar refractivity (Wildman–Crippen MR) is 98.3 cm³/mol. The first-order valence-corrected chi connectivity index (χ1v) is 10.8. The molecule has 0 fully saturated rings. The van der Waals surface area contributed by atoms with E-state index in [4.69, 9.17) is 22.2 Å². The molecule has 2 rings (SSSR count). The Balaban J connectivity index is 2.31. The average Bonchev–Trinajstić information content (AvgIpc) is 2.47. The lowest BCUT2D eigenvalue weighted by Gasteiger charge is -2.21. The summed E-state index contributed by atoms with van der Waals surface area (Å²) in [6.07, 6.45) is 0. The van der Waals surface area contributed by atoms with Crippen LogP contribution >= 0.6 is 22.2 Å². The molecule has 0 atom stereocenters. The fourth-order valence-electron chi connectivity index (χ4n) is 2.10. The molecule has 0 aliphatic carbocycles. The second-order valence-corrected chi connectivity index (χ2v) is 11.7. The highest BCUT2D eigenvalue weighted by atomic mass is 35.7. The van der Waals surface area contributed by atoms with Crippen LogP contribution in [0.1, 0.15) is 0 Å². The molecular weight excluding hydrogens is 319 g/mol. The van der Waals surface area contributed by atoms with Crippen molar-refractivity contribution in [1.82, 2.24) is 0 Å². The Hall–Kier alpha value is -1.16. The maximum atomic E-state index is 6.73. The lowest BCUT2D eigenvalue weighted by molar-refractivity contribution is 1.13. The summed E-state index contributed by atoms with van der Waals surface area (Å²) in [7, 11) is 8.06. The Bertz CT molecular complexity index is 539. The minimum Gasteiger partial charge on any atom is -0.378 e. The van der Waals surface area contributed by atoms with Crippen LogP contribution in [0.15, 0.2) is 48.5 Å². The van der Waals surface area contributed by atoms with Crippen LogP contribution in [0.4, 0.5) is 11.4 Å². The van der Waals surface area contributed by atoms with Crippen LogP contribution in [0.5, 0.6) is 0 Å². The van der Waals surface area contributed by atoms with Gasteiger partial charge >= 0.3 is 6.69 Å². The number of benzene rings is 2. The lowest BCUT2D eigenvalue weighted by atomic mass is 10.3. The number of anilines is 2. The smallest absolute Gasteiger partial charge is 0.310 e. The second-order valence-electron chi connectivity index (χ2n) is 5.46. The third kappa shape index (κ3) is 3.54. The Morgan fingerprint density at radius 1 is 0.619 bits per heavy atom. The quantitative estimate of drug-likeness (QED) is 0.624. The van der Waals surface area contributed by atoms with E-state index in [0.29, 0.717) is 0 Å². The van der Waals surface area contributed by atoms with Gasteiger partial charge in [-0.05, 0) is 34.6 Å². The molecule has 0 heterocycles. The molecule has 0 N–H and O–H groups in total. The van der Waals surface area contributed by atoms with Crippen LogP contribution in [0.3, 0.4) is 0 Å². The van der Waals surface area contributed by atoms with Crippen molar-refractivity contribution in [2.75, 3.05) is 38.0 Å². The van der Waals surface area contributed by atoms with Crippen molar-refractivity contribution in [1.29, 1.82) is 0 Å². The number of hydrogen-bond acceptors (Lipinski definition) is 2. The molecule has 0 saturated heterocycles. The van der Waals surface area contributed by atoms with Crippen molar-refractivity contribution in [3.63, 3.8) is 0 Å². The first-order valence-electron chi connectivity index (χ1n) is 6.76. The van der Waals surface area contributed by atoms with Crippen molar-refractivity contribution < 1.29 is 0 Å². The summed E-state index contributed by atoms with van der Waals surface area (Å²) < 4.78 is 0. The number of halogens is 2. The van der Waals surface area contributed by atoms with Crippen molar-refractivity contribution >= 4 is 50.6 Å². The van der Waals surface area contributed by atoms with Crippen LogP contribution in [-0.2, 0) is 0 Å². The zero-order chi connectivity index (χ0) is 15.6. The summed E-state index contributed by atoms with van der Waals surface area (Å²) in [5.41, 5.74) is 2.28. The van der Waals surface area contributed by atoms with Crippen LogP contribution < -0.4 is 20.2 Å². The van der Waals surface area contributed by atoms with E-state index < -0.39 is 6.69 Å². The van der Waals surface area contributed by atoms with Gasteiger partial charge in [-0.3, -0.25) is 0 Å². The highest BCUT2D eigenvalue weighted by molar-refractivity contribution is 7.56. The Morgan fingerprint density at radius 3 is 1.14 bits per heavy atom. The zero-order valence-corrected chi connectivity index (χ0v) is 15.3. The summed E-state index contributed by atoms with van der Waals surface area (Å²) in [5, 5.41) is 2.02. The first-order chi connectivity index (χ1) is 9.82. The van der Waals surface area contributed by atoms with Gasteiger partial charge in [0.15, 0.2) is 0 Å². The highest BCUT2D eigenvalue weighted by Crippen LogP contribution is 2.19. The third-order valence-electron chi connectivity index (χ3n) is 3.49. The number of hydrogen-bond donors (Lipinski definition) is 0. The van der Waals surface area contributed by atoms with Gasteiger partial charge in [-0.1, -0.05) is 24.3 Å². The van der Waals surface area contributed by atoms with E-state index in [-0.39, 0.29) is 0 Å². The maximum Gasteiger partial charge on any atom is 0.310 e. The Kier molecular flexibility index (Phi) is 4.87. The average molecular weight is 339 g/mol. The largest absolute Gasteiger partial charge is 0.378 e. The second kappa shape index (κ2) is 6.30. The van der Waals surface area contributed by atoms with E-state index in [1.807, 2.05) is 52.5 Å². The number of rotatable bonds is 4. The van der Waals surface area contributed by atoms with Crippen LogP contribution in [0.25, 0.3) is 0 Å². The van der Waals surface area contributed by atoms with E-state index >= 15 is 0 Å². The molecule has 0 amide bonds. The fraction of sp³-hybridized carbons (Fsp3) is 0.250. The summed E-state index contributed by atoms with van der Waals surface area (Å²) >= 11 is 13.5. The third-order valence-corrected chi connectivity index (χ3v) is 8.23. The van der Waals surface area contributed by atoms with Gasteiger partial charge in [0.05, 0.1) is 0 Å².